The third kappa shape index (κ3) is 4.06. The molecule has 142 valence electrons. The molecule has 1 fully saturated rings. The van der Waals surface area contributed by atoms with Crippen molar-refractivity contribution in [2.45, 2.75) is 31.9 Å². The molecule has 0 atom stereocenters. The number of carbonyl (C=O) groups is 1. The lowest BCUT2D eigenvalue weighted by molar-refractivity contribution is -0.150. The van der Waals surface area contributed by atoms with Crippen molar-refractivity contribution < 1.29 is 18.3 Å². The van der Waals surface area contributed by atoms with E-state index < -0.39 is 11.8 Å². The maximum atomic E-state index is 12.9. The number of H-pyrrole nitrogens is 1. The fourth-order valence-corrected chi connectivity index (χ4v) is 3.80. The van der Waals surface area contributed by atoms with Crippen molar-refractivity contribution in [1.29, 1.82) is 0 Å². The second kappa shape index (κ2) is 7.09. The van der Waals surface area contributed by atoms with E-state index in [1.165, 1.54) is 11.3 Å². The molecule has 1 saturated carbocycles. The minimum Gasteiger partial charge on any atom is -0.486 e. The van der Waals surface area contributed by atoms with Gasteiger partial charge in [-0.2, -0.15) is 0 Å². The van der Waals surface area contributed by atoms with Crippen LogP contribution in [0.15, 0.2) is 29.1 Å². The topological polar surface area (TPSA) is 67.0 Å². The first-order chi connectivity index (χ1) is 12.9. The second-order valence-corrected chi connectivity index (χ2v) is 7.74. The Labute approximate surface area is 162 Å². The molecule has 0 radical (unpaired) electrons. The number of carbonyl (C=O) groups excluding carboxylic acids is 1. The standard InChI is InChI=1S/C18H16ClF2N3O2S/c19-14-2-10-1-12(6-22-17(25)11-4-18(20,21)5-11)24-15(10)3-16(14)26-7-13-8-27-9-23-13/h1-3,8-9,11,24H,4-7H2,(H,22,25). The van der Waals surface area contributed by atoms with Gasteiger partial charge in [-0.1, -0.05) is 11.6 Å². The summed E-state index contributed by atoms with van der Waals surface area (Å²) in [4.78, 5) is 19.2. The van der Waals surface area contributed by atoms with E-state index >= 15 is 0 Å². The Hall–Kier alpha value is -2.19. The van der Waals surface area contributed by atoms with Crippen LogP contribution in [0.1, 0.15) is 24.2 Å². The van der Waals surface area contributed by atoms with Crippen LogP contribution in [0.3, 0.4) is 0 Å². The highest BCUT2D eigenvalue weighted by molar-refractivity contribution is 7.07. The van der Waals surface area contributed by atoms with E-state index in [1.54, 1.807) is 17.6 Å². The molecule has 2 N–H and O–H groups in total. The maximum absolute atomic E-state index is 12.9. The normalized spacial score (nSPS) is 16.3. The lowest BCUT2D eigenvalue weighted by Crippen LogP contribution is -2.44. The summed E-state index contributed by atoms with van der Waals surface area (Å²) in [6.45, 7) is 0.562. The fourth-order valence-electron chi connectivity index (χ4n) is 3.03. The smallest absolute Gasteiger partial charge is 0.249 e. The number of alkyl halides is 2. The van der Waals surface area contributed by atoms with Crippen molar-refractivity contribution >= 4 is 39.7 Å². The summed E-state index contributed by atoms with van der Waals surface area (Å²) >= 11 is 7.77. The second-order valence-electron chi connectivity index (χ2n) is 6.61. The van der Waals surface area contributed by atoms with Gasteiger partial charge in [-0.05, 0) is 12.1 Å². The van der Waals surface area contributed by atoms with Crippen LogP contribution in [0.25, 0.3) is 10.9 Å². The SMILES string of the molecule is O=C(NCc1cc2cc(Cl)c(OCc3cscn3)cc2[nH]1)C1CC(F)(F)C1. The van der Waals surface area contributed by atoms with Crippen LogP contribution in [-0.2, 0) is 17.9 Å². The average Bonchev–Trinajstić information content (AvgIpc) is 3.24. The predicted octanol–water partition coefficient (Wildman–Crippen LogP) is 4.52. The maximum Gasteiger partial charge on any atom is 0.249 e. The summed E-state index contributed by atoms with van der Waals surface area (Å²) in [5.41, 5.74) is 4.14. The number of nitrogens with zero attached hydrogens (tertiary/aromatic N) is 1. The molecule has 2 heterocycles. The van der Waals surface area contributed by atoms with Crippen molar-refractivity contribution in [3.05, 3.63) is 45.5 Å². The number of aromatic amines is 1. The molecule has 0 saturated heterocycles. The molecule has 0 aliphatic heterocycles. The monoisotopic (exact) mass is 411 g/mol. The summed E-state index contributed by atoms with van der Waals surface area (Å²) < 4.78 is 31.5. The van der Waals surface area contributed by atoms with Gasteiger partial charge in [-0.15, -0.1) is 11.3 Å². The van der Waals surface area contributed by atoms with E-state index in [1.807, 2.05) is 11.4 Å². The van der Waals surface area contributed by atoms with E-state index in [2.05, 4.69) is 15.3 Å². The molecule has 1 aromatic carbocycles. The van der Waals surface area contributed by atoms with Crippen LogP contribution in [0.2, 0.25) is 5.02 Å². The minimum absolute atomic E-state index is 0.238. The first-order valence-corrected chi connectivity index (χ1v) is 9.68. The summed E-state index contributed by atoms with van der Waals surface area (Å²) in [6, 6.07) is 5.44. The molecule has 3 aromatic rings. The molecule has 0 spiro atoms. The highest BCUT2D eigenvalue weighted by atomic mass is 35.5. The zero-order valence-corrected chi connectivity index (χ0v) is 15.7. The third-order valence-corrected chi connectivity index (χ3v) is 5.43. The Bertz CT molecular complexity index is 967. The molecule has 1 amide bonds. The Balaban J connectivity index is 1.40. The summed E-state index contributed by atoms with van der Waals surface area (Å²) in [5, 5.41) is 5.95. The number of hydrogen-bond acceptors (Lipinski definition) is 4. The largest absolute Gasteiger partial charge is 0.486 e. The van der Waals surface area contributed by atoms with Gasteiger partial charge in [0, 0.05) is 46.8 Å². The summed E-state index contributed by atoms with van der Waals surface area (Å²) in [6.07, 6.45) is -0.748. The number of hydrogen-bond donors (Lipinski definition) is 2. The van der Waals surface area contributed by atoms with E-state index in [-0.39, 0.29) is 25.3 Å². The van der Waals surface area contributed by atoms with Gasteiger partial charge in [0.1, 0.15) is 12.4 Å². The molecule has 1 aliphatic rings. The molecule has 0 unspecified atom stereocenters. The molecule has 5 nitrogen and oxygen atoms in total. The highest BCUT2D eigenvalue weighted by Crippen LogP contribution is 2.42. The lowest BCUT2D eigenvalue weighted by atomic mass is 9.81. The first kappa shape index (κ1) is 18.2. The Morgan fingerprint density at radius 2 is 2.22 bits per heavy atom. The lowest BCUT2D eigenvalue weighted by Gasteiger charge is -2.33. The third-order valence-electron chi connectivity index (χ3n) is 4.50. The van der Waals surface area contributed by atoms with Gasteiger partial charge in [0.05, 0.1) is 22.8 Å². The van der Waals surface area contributed by atoms with Crippen LogP contribution in [0.5, 0.6) is 5.75 Å². The summed E-state index contributed by atoms with van der Waals surface area (Å²) in [5.74, 6) is -3.12. The van der Waals surface area contributed by atoms with Crippen LogP contribution in [0.4, 0.5) is 8.78 Å². The van der Waals surface area contributed by atoms with Crippen molar-refractivity contribution in [3.8, 4) is 5.75 Å². The number of halogens is 3. The van der Waals surface area contributed by atoms with Gasteiger partial charge in [-0.3, -0.25) is 4.79 Å². The van der Waals surface area contributed by atoms with E-state index in [9.17, 15) is 13.6 Å². The summed E-state index contributed by atoms with van der Waals surface area (Å²) in [7, 11) is 0. The van der Waals surface area contributed by atoms with Crippen LogP contribution < -0.4 is 10.1 Å². The molecular formula is C18H16ClF2N3O2S. The number of ether oxygens (including phenoxy) is 1. The van der Waals surface area contributed by atoms with Gasteiger partial charge in [-0.25, -0.2) is 13.8 Å². The predicted molar refractivity (Wildman–Crippen MR) is 99.3 cm³/mol. The number of benzene rings is 1. The Kier molecular flexibility index (Phi) is 4.77. The van der Waals surface area contributed by atoms with Crippen LogP contribution >= 0.6 is 22.9 Å². The molecule has 0 bridgehead atoms. The Morgan fingerprint density at radius 1 is 1.41 bits per heavy atom. The zero-order chi connectivity index (χ0) is 19.0. The number of fused-ring (bicyclic) bond motifs is 1. The van der Waals surface area contributed by atoms with Crippen molar-refractivity contribution in [2.75, 3.05) is 0 Å². The number of amides is 1. The van der Waals surface area contributed by atoms with E-state index in [0.717, 1.165) is 22.3 Å². The van der Waals surface area contributed by atoms with Crippen molar-refractivity contribution in [1.82, 2.24) is 15.3 Å². The molecule has 2 aromatic heterocycles. The number of thiazole rings is 1. The van der Waals surface area contributed by atoms with Gasteiger partial charge < -0.3 is 15.0 Å². The zero-order valence-electron chi connectivity index (χ0n) is 14.1. The molecule has 1 aliphatic carbocycles. The van der Waals surface area contributed by atoms with Gasteiger partial charge in [0.15, 0.2) is 0 Å². The Morgan fingerprint density at radius 3 is 2.93 bits per heavy atom. The van der Waals surface area contributed by atoms with Crippen molar-refractivity contribution in [3.63, 3.8) is 0 Å². The van der Waals surface area contributed by atoms with Gasteiger partial charge in [0.2, 0.25) is 11.8 Å². The van der Waals surface area contributed by atoms with Crippen LogP contribution in [0, 0.1) is 5.92 Å². The molecule has 4 rings (SSSR count). The van der Waals surface area contributed by atoms with E-state index in [4.69, 9.17) is 16.3 Å². The first-order valence-electron chi connectivity index (χ1n) is 8.36. The number of aromatic nitrogens is 2. The molecular weight excluding hydrogens is 396 g/mol. The average molecular weight is 412 g/mol. The van der Waals surface area contributed by atoms with Gasteiger partial charge in [0.25, 0.3) is 0 Å². The minimum atomic E-state index is -2.70. The van der Waals surface area contributed by atoms with Crippen LogP contribution in [-0.4, -0.2) is 21.8 Å². The van der Waals surface area contributed by atoms with Crippen molar-refractivity contribution in [2.24, 2.45) is 5.92 Å². The number of rotatable bonds is 6. The van der Waals surface area contributed by atoms with Gasteiger partial charge >= 0.3 is 0 Å². The quantitative estimate of drug-likeness (QED) is 0.626. The number of nitrogens with one attached hydrogen (secondary N) is 2. The molecule has 27 heavy (non-hydrogen) atoms. The molecule has 9 heteroatoms. The highest BCUT2D eigenvalue weighted by Gasteiger charge is 2.48. The van der Waals surface area contributed by atoms with E-state index in [0.29, 0.717) is 17.4 Å². The fraction of sp³-hybridized carbons (Fsp3) is 0.333.